The van der Waals surface area contributed by atoms with Crippen LogP contribution in [0.25, 0.3) is 0 Å². The largest absolute Gasteiger partial charge is 0.384 e. The Morgan fingerprint density at radius 1 is 1.64 bits per heavy atom. The van der Waals surface area contributed by atoms with Crippen LogP contribution in [0.4, 0.5) is 0 Å². The van der Waals surface area contributed by atoms with Crippen molar-refractivity contribution in [3.8, 4) is 0 Å². The van der Waals surface area contributed by atoms with Crippen molar-refractivity contribution in [1.29, 1.82) is 0 Å². The summed E-state index contributed by atoms with van der Waals surface area (Å²) in [6.07, 6.45) is 2.71. The molecular weight excluding hydrogens is 158 g/mol. The Labute approximate surface area is 73.1 Å². The van der Waals surface area contributed by atoms with Gasteiger partial charge in [-0.3, -0.25) is 0 Å². The fourth-order valence-electron chi connectivity index (χ4n) is 1.26. The van der Waals surface area contributed by atoms with Gasteiger partial charge in [0.05, 0.1) is 6.61 Å². The predicted molar refractivity (Wildman–Crippen MR) is 50.2 cm³/mol. The predicted octanol–water partition coefficient (Wildman–Crippen LogP) is 1.12. The highest BCUT2D eigenvalue weighted by Crippen LogP contribution is 2.17. The van der Waals surface area contributed by atoms with Crippen molar-refractivity contribution in [3.63, 3.8) is 0 Å². The van der Waals surface area contributed by atoms with Crippen molar-refractivity contribution in [1.82, 2.24) is 5.32 Å². The first-order valence-corrected chi connectivity index (χ1v) is 5.29. The fourth-order valence-corrected chi connectivity index (χ4v) is 2.43. The number of methoxy groups -OCH3 is 1. The molecule has 1 heterocycles. The molecule has 2 nitrogen and oxygen atoms in total. The Morgan fingerprint density at radius 3 is 3.18 bits per heavy atom. The van der Waals surface area contributed by atoms with Gasteiger partial charge < -0.3 is 10.1 Å². The van der Waals surface area contributed by atoms with Crippen molar-refractivity contribution >= 4 is 11.8 Å². The van der Waals surface area contributed by atoms with Crippen LogP contribution in [0.2, 0.25) is 0 Å². The molecule has 1 rings (SSSR count). The summed E-state index contributed by atoms with van der Waals surface area (Å²) < 4.78 is 4.99. The Bertz CT molecular complexity index is 94.1. The summed E-state index contributed by atoms with van der Waals surface area (Å²) in [5.74, 6) is 1.14. The van der Waals surface area contributed by atoms with Crippen molar-refractivity contribution in [2.24, 2.45) is 0 Å². The average molecular weight is 175 g/mol. The van der Waals surface area contributed by atoms with E-state index in [1.807, 2.05) is 11.8 Å². The van der Waals surface area contributed by atoms with Crippen LogP contribution < -0.4 is 5.32 Å². The zero-order valence-electron chi connectivity index (χ0n) is 7.14. The third-order valence-corrected chi connectivity index (χ3v) is 3.17. The standard InChI is InChI=1S/C8H17NOS/c1-10-5-6-11-8-3-2-4-9-7-8/h8-9H,2-7H2,1H3. The number of hydrogen-bond donors (Lipinski definition) is 1. The minimum absolute atomic E-state index is 0.832. The molecule has 1 N–H and O–H groups in total. The summed E-state index contributed by atoms with van der Waals surface area (Å²) in [6.45, 7) is 3.29. The van der Waals surface area contributed by atoms with Crippen molar-refractivity contribution in [3.05, 3.63) is 0 Å². The third kappa shape index (κ3) is 3.99. The lowest BCUT2D eigenvalue weighted by Gasteiger charge is -2.21. The van der Waals surface area contributed by atoms with Crippen LogP contribution in [0.5, 0.6) is 0 Å². The second-order valence-corrected chi connectivity index (χ2v) is 4.24. The van der Waals surface area contributed by atoms with E-state index in [0.29, 0.717) is 0 Å². The first-order valence-electron chi connectivity index (χ1n) is 4.24. The molecule has 1 atom stereocenters. The van der Waals surface area contributed by atoms with Gasteiger partial charge in [0.1, 0.15) is 0 Å². The quantitative estimate of drug-likeness (QED) is 0.647. The van der Waals surface area contributed by atoms with Gasteiger partial charge in [0.25, 0.3) is 0 Å². The lowest BCUT2D eigenvalue weighted by Crippen LogP contribution is -2.31. The molecule has 1 unspecified atom stereocenters. The molecule has 0 amide bonds. The number of piperidine rings is 1. The topological polar surface area (TPSA) is 21.3 Å². The zero-order valence-corrected chi connectivity index (χ0v) is 7.95. The lowest BCUT2D eigenvalue weighted by atomic mass is 10.2. The number of hydrogen-bond acceptors (Lipinski definition) is 3. The molecule has 0 bridgehead atoms. The van der Waals surface area contributed by atoms with Crippen LogP contribution in [-0.4, -0.2) is 37.8 Å². The molecule has 1 aliphatic heterocycles. The summed E-state index contributed by atoms with van der Waals surface area (Å²) in [5.41, 5.74) is 0. The molecule has 0 aromatic carbocycles. The molecule has 66 valence electrons. The molecule has 0 radical (unpaired) electrons. The van der Waals surface area contributed by atoms with E-state index in [1.165, 1.54) is 25.9 Å². The van der Waals surface area contributed by atoms with Crippen LogP contribution in [0.15, 0.2) is 0 Å². The molecular formula is C8H17NOS. The van der Waals surface area contributed by atoms with E-state index >= 15 is 0 Å². The molecule has 1 saturated heterocycles. The van der Waals surface area contributed by atoms with Gasteiger partial charge in [-0.05, 0) is 19.4 Å². The lowest BCUT2D eigenvalue weighted by molar-refractivity contribution is 0.218. The van der Waals surface area contributed by atoms with Crippen LogP contribution in [0, 0.1) is 0 Å². The summed E-state index contributed by atoms with van der Waals surface area (Å²) in [5, 5.41) is 4.23. The maximum atomic E-state index is 4.99. The van der Waals surface area contributed by atoms with E-state index in [4.69, 9.17) is 4.74 Å². The van der Waals surface area contributed by atoms with Gasteiger partial charge in [0, 0.05) is 24.7 Å². The monoisotopic (exact) mass is 175 g/mol. The second-order valence-electron chi connectivity index (χ2n) is 2.83. The Morgan fingerprint density at radius 2 is 2.55 bits per heavy atom. The molecule has 0 aromatic heterocycles. The van der Waals surface area contributed by atoms with Gasteiger partial charge in [-0.25, -0.2) is 0 Å². The number of ether oxygens (including phenoxy) is 1. The highest BCUT2D eigenvalue weighted by Gasteiger charge is 2.11. The smallest absolute Gasteiger partial charge is 0.0553 e. The first-order chi connectivity index (χ1) is 5.43. The first kappa shape index (κ1) is 9.36. The molecule has 0 aromatic rings. The van der Waals surface area contributed by atoms with E-state index < -0.39 is 0 Å². The fraction of sp³-hybridized carbons (Fsp3) is 1.00. The van der Waals surface area contributed by atoms with Gasteiger partial charge in [0.2, 0.25) is 0 Å². The minimum atomic E-state index is 0.832. The van der Waals surface area contributed by atoms with E-state index in [-0.39, 0.29) is 0 Å². The molecule has 0 saturated carbocycles. The SMILES string of the molecule is COCCSC1CCCNC1. The number of nitrogens with one attached hydrogen (secondary N) is 1. The van der Waals surface area contributed by atoms with E-state index in [1.54, 1.807) is 7.11 Å². The van der Waals surface area contributed by atoms with Crippen LogP contribution >= 0.6 is 11.8 Å². The van der Waals surface area contributed by atoms with Crippen molar-refractivity contribution in [2.45, 2.75) is 18.1 Å². The van der Waals surface area contributed by atoms with Crippen LogP contribution in [-0.2, 0) is 4.74 Å². The number of rotatable bonds is 4. The minimum Gasteiger partial charge on any atom is -0.384 e. The Hall–Kier alpha value is 0.270. The summed E-state index contributed by atoms with van der Waals surface area (Å²) in [4.78, 5) is 0. The van der Waals surface area contributed by atoms with Crippen LogP contribution in [0.1, 0.15) is 12.8 Å². The third-order valence-electron chi connectivity index (χ3n) is 1.89. The van der Waals surface area contributed by atoms with E-state index in [0.717, 1.165) is 17.6 Å². The van der Waals surface area contributed by atoms with Crippen molar-refractivity contribution < 1.29 is 4.74 Å². The molecule has 11 heavy (non-hydrogen) atoms. The van der Waals surface area contributed by atoms with Crippen LogP contribution in [0.3, 0.4) is 0 Å². The van der Waals surface area contributed by atoms with E-state index in [9.17, 15) is 0 Å². The maximum absolute atomic E-state index is 4.99. The normalized spacial score (nSPS) is 25.4. The van der Waals surface area contributed by atoms with Gasteiger partial charge in [-0.2, -0.15) is 11.8 Å². The molecule has 1 fully saturated rings. The Balaban J connectivity index is 1.96. The van der Waals surface area contributed by atoms with Gasteiger partial charge in [-0.1, -0.05) is 0 Å². The second kappa shape index (κ2) is 5.86. The summed E-state index contributed by atoms with van der Waals surface area (Å²) in [6, 6.07) is 0. The zero-order chi connectivity index (χ0) is 7.94. The molecule has 3 heteroatoms. The highest BCUT2D eigenvalue weighted by molar-refractivity contribution is 7.99. The van der Waals surface area contributed by atoms with Gasteiger partial charge in [0.15, 0.2) is 0 Å². The van der Waals surface area contributed by atoms with Crippen molar-refractivity contribution in [2.75, 3.05) is 32.6 Å². The summed E-state index contributed by atoms with van der Waals surface area (Å²) >= 11 is 2.03. The molecule has 0 aliphatic carbocycles. The molecule has 1 aliphatic rings. The van der Waals surface area contributed by atoms with E-state index in [2.05, 4.69) is 5.32 Å². The molecule has 0 spiro atoms. The number of thioether (sulfide) groups is 1. The summed E-state index contributed by atoms with van der Waals surface area (Å²) in [7, 11) is 1.76. The maximum Gasteiger partial charge on any atom is 0.0553 e. The van der Waals surface area contributed by atoms with Gasteiger partial charge >= 0.3 is 0 Å². The highest BCUT2D eigenvalue weighted by atomic mass is 32.2. The van der Waals surface area contributed by atoms with Gasteiger partial charge in [-0.15, -0.1) is 0 Å². The average Bonchev–Trinajstić information content (AvgIpc) is 2.07. The Kier molecular flexibility index (Phi) is 4.99.